The lowest BCUT2D eigenvalue weighted by Gasteiger charge is -2.15. The number of alkyl halides is 3. The molecule has 9 heteroatoms. The van der Waals surface area contributed by atoms with Crippen LogP contribution in [0.1, 0.15) is 6.92 Å². The van der Waals surface area contributed by atoms with E-state index < -0.39 is 33.8 Å². The molecule has 1 aromatic rings. The zero-order chi connectivity index (χ0) is 14.8. The lowest BCUT2D eigenvalue weighted by molar-refractivity contribution is -0.384. The third-order valence-corrected chi connectivity index (χ3v) is 2.93. The van der Waals surface area contributed by atoms with Crippen molar-refractivity contribution in [2.24, 2.45) is 0 Å². The number of anilines is 1. The van der Waals surface area contributed by atoms with E-state index in [0.717, 1.165) is 23.1 Å². The van der Waals surface area contributed by atoms with Gasteiger partial charge in [0.25, 0.3) is 5.69 Å². The van der Waals surface area contributed by atoms with Gasteiger partial charge in [0.1, 0.15) is 5.69 Å². The van der Waals surface area contributed by atoms with E-state index in [2.05, 4.69) is 0 Å². The van der Waals surface area contributed by atoms with Gasteiger partial charge in [-0.1, -0.05) is 0 Å². The third-order valence-electron chi connectivity index (χ3n) is 2.21. The van der Waals surface area contributed by atoms with E-state index >= 15 is 0 Å². The van der Waals surface area contributed by atoms with Crippen molar-refractivity contribution in [3.05, 3.63) is 28.3 Å². The van der Waals surface area contributed by atoms with Gasteiger partial charge in [0, 0.05) is 24.9 Å². The average molecular weight is 294 g/mol. The molecule has 0 bridgehead atoms. The van der Waals surface area contributed by atoms with Crippen LogP contribution < -0.4 is 4.90 Å². The smallest absolute Gasteiger partial charge is 0.310 e. The molecule has 0 N–H and O–H groups in total. The number of hydrogen-bond acceptors (Lipinski definition) is 4. The Morgan fingerprint density at radius 2 is 2.00 bits per heavy atom. The lowest BCUT2D eigenvalue weighted by Crippen LogP contribution is -2.23. The van der Waals surface area contributed by atoms with Crippen molar-refractivity contribution >= 4 is 29.0 Å². The number of nitrogens with zero attached hydrogens (tertiary/aromatic N) is 2. The number of carbonyl (C=O) groups is 1. The molecule has 0 saturated carbocycles. The lowest BCUT2D eigenvalue weighted by atomic mass is 10.2. The molecule has 0 heterocycles. The number of nitro groups is 1. The molecule has 1 amide bonds. The van der Waals surface area contributed by atoms with Crippen molar-refractivity contribution in [2.75, 3.05) is 11.9 Å². The van der Waals surface area contributed by atoms with Gasteiger partial charge >= 0.3 is 5.51 Å². The maximum absolute atomic E-state index is 12.2. The summed E-state index contributed by atoms with van der Waals surface area (Å²) < 4.78 is 36.6. The summed E-state index contributed by atoms with van der Waals surface area (Å²) in [6, 6.07) is 3.00. The molecule has 1 aromatic carbocycles. The fourth-order valence-corrected chi connectivity index (χ4v) is 1.87. The Morgan fingerprint density at radius 3 is 2.42 bits per heavy atom. The Bertz CT molecular complexity index is 519. The van der Waals surface area contributed by atoms with Crippen molar-refractivity contribution in [3.63, 3.8) is 0 Å². The Labute approximate surface area is 110 Å². The molecule has 0 unspecified atom stereocenters. The molecule has 19 heavy (non-hydrogen) atoms. The highest BCUT2D eigenvalue weighted by atomic mass is 32.2. The van der Waals surface area contributed by atoms with Gasteiger partial charge in [0.15, 0.2) is 0 Å². The predicted octanol–water partition coefficient (Wildman–Crippen LogP) is 3.19. The molecule has 5 nitrogen and oxygen atoms in total. The number of carbonyl (C=O) groups excluding carboxylic acids is 1. The van der Waals surface area contributed by atoms with Crippen LogP contribution in [-0.4, -0.2) is 23.4 Å². The third kappa shape index (κ3) is 4.12. The van der Waals surface area contributed by atoms with E-state index in [1.165, 1.54) is 14.0 Å². The molecular weight excluding hydrogens is 285 g/mol. The Balaban J connectivity index is 3.23. The highest BCUT2D eigenvalue weighted by Crippen LogP contribution is 2.40. The van der Waals surface area contributed by atoms with Gasteiger partial charge in [-0.3, -0.25) is 14.9 Å². The SMILES string of the molecule is CC(=O)N(C)c1ccc(SC(F)(F)F)cc1[N+](=O)[O-]. The molecule has 0 aliphatic heterocycles. The molecule has 0 atom stereocenters. The molecule has 0 aromatic heterocycles. The van der Waals surface area contributed by atoms with Crippen molar-refractivity contribution in [1.82, 2.24) is 0 Å². The van der Waals surface area contributed by atoms with Crippen molar-refractivity contribution < 1.29 is 22.9 Å². The Kier molecular flexibility index (Phi) is 4.40. The normalized spacial score (nSPS) is 11.2. The summed E-state index contributed by atoms with van der Waals surface area (Å²) in [6.45, 7) is 1.20. The fraction of sp³-hybridized carbons (Fsp3) is 0.300. The number of benzene rings is 1. The van der Waals surface area contributed by atoms with Crippen molar-refractivity contribution in [1.29, 1.82) is 0 Å². The Morgan fingerprint density at radius 1 is 1.42 bits per heavy atom. The van der Waals surface area contributed by atoms with E-state index in [0.29, 0.717) is 0 Å². The van der Waals surface area contributed by atoms with Crippen LogP contribution in [-0.2, 0) is 4.79 Å². The minimum atomic E-state index is -4.53. The van der Waals surface area contributed by atoms with Crippen LogP contribution in [0, 0.1) is 10.1 Å². The van der Waals surface area contributed by atoms with Gasteiger partial charge in [0.05, 0.1) is 4.92 Å². The van der Waals surface area contributed by atoms with E-state index in [1.807, 2.05) is 0 Å². The van der Waals surface area contributed by atoms with Crippen LogP contribution in [0.3, 0.4) is 0 Å². The number of hydrogen-bond donors (Lipinski definition) is 0. The van der Waals surface area contributed by atoms with Crippen LogP contribution in [0.4, 0.5) is 24.5 Å². The summed E-state index contributed by atoms with van der Waals surface area (Å²) in [6.07, 6.45) is 0. The van der Waals surface area contributed by atoms with Crippen LogP contribution >= 0.6 is 11.8 Å². The molecule has 0 fully saturated rings. The van der Waals surface area contributed by atoms with Crippen LogP contribution in [0.15, 0.2) is 23.1 Å². The molecule has 0 aliphatic rings. The quantitative estimate of drug-likeness (QED) is 0.488. The van der Waals surface area contributed by atoms with Crippen LogP contribution in [0.5, 0.6) is 0 Å². The molecule has 104 valence electrons. The monoisotopic (exact) mass is 294 g/mol. The van der Waals surface area contributed by atoms with E-state index in [4.69, 9.17) is 0 Å². The van der Waals surface area contributed by atoms with Crippen LogP contribution in [0.25, 0.3) is 0 Å². The van der Waals surface area contributed by atoms with E-state index in [1.54, 1.807) is 0 Å². The van der Waals surface area contributed by atoms with E-state index in [-0.39, 0.29) is 10.6 Å². The largest absolute Gasteiger partial charge is 0.446 e. The second kappa shape index (κ2) is 5.47. The summed E-state index contributed by atoms with van der Waals surface area (Å²) in [5.74, 6) is -0.459. The van der Waals surface area contributed by atoms with E-state index in [9.17, 15) is 28.1 Å². The average Bonchev–Trinajstić information content (AvgIpc) is 2.25. The predicted molar refractivity (Wildman–Crippen MR) is 64.1 cm³/mol. The first kappa shape index (κ1) is 15.3. The first-order valence-electron chi connectivity index (χ1n) is 4.90. The van der Waals surface area contributed by atoms with Gasteiger partial charge in [-0.15, -0.1) is 0 Å². The fourth-order valence-electron chi connectivity index (χ4n) is 1.30. The van der Waals surface area contributed by atoms with Gasteiger partial charge < -0.3 is 4.90 Å². The Hall–Kier alpha value is -1.77. The summed E-state index contributed by atoms with van der Waals surface area (Å²) >= 11 is -0.447. The molecular formula is C10H9F3N2O3S. The molecule has 0 saturated heterocycles. The molecule has 1 rings (SSSR count). The number of thioether (sulfide) groups is 1. The number of rotatable bonds is 3. The summed E-state index contributed by atoms with van der Waals surface area (Å²) in [5, 5.41) is 10.8. The summed E-state index contributed by atoms with van der Waals surface area (Å²) in [4.78, 5) is 21.9. The minimum Gasteiger partial charge on any atom is -0.310 e. The second-order valence-corrected chi connectivity index (χ2v) is 4.67. The van der Waals surface area contributed by atoms with Gasteiger partial charge in [-0.2, -0.15) is 13.2 Å². The number of amides is 1. The van der Waals surface area contributed by atoms with Gasteiger partial charge in [-0.05, 0) is 23.9 Å². The highest BCUT2D eigenvalue weighted by molar-refractivity contribution is 8.00. The van der Waals surface area contributed by atoms with Crippen molar-refractivity contribution in [2.45, 2.75) is 17.3 Å². The maximum atomic E-state index is 12.2. The highest BCUT2D eigenvalue weighted by Gasteiger charge is 2.31. The standard InChI is InChI=1S/C10H9F3N2O3S/c1-6(16)14(2)8-4-3-7(19-10(11,12)13)5-9(8)15(17)18/h3-5H,1-2H3. The zero-order valence-corrected chi connectivity index (χ0v) is 10.7. The van der Waals surface area contributed by atoms with Crippen LogP contribution in [0.2, 0.25) is 0 Å². The topological polar surface area (TPSA) is 63.5 Å². The first-order chi connectivity index (χ1) is 8.61. The molecule has 0 radical (unpaired) electrons. The minimum absolute atomic E-state index is 0.0518. The summed E-state index contributed by atoms with van der Waals surface area (Å²) in [7, 11) is 1.31. The zero-order valence-electron chi connectivity index (χ0n) is 9.89. The molecule has 0 spiro atoms. The first-order valence-corrected chi connectivity index (χ1v) is 5.72. The summed E-state index contributed by atoms with van der Waals surface area (Å²) in [5.41, 5.74) is -5.13. The number of nitro benzene ring substituents is 1. The number of halogens is 3. The second-order valence-electron chi connectivity index (χ2n) is 3.53. The van der Waals surface area contributed by atoms with Crippen molar-refractivity contribution in [3.8, 4) is 0 Å². The molecule has 0 aliphatic carbocycles. The maximum Gasteiger partial charge on any atom is 0.446 e. The van der Waals surface area contributed by atoms with Gasteiger partial charge in [0.2, 0.25) is 5.91 Å². The van der Waals surface area contributed by atoms with Gasteiger partial charge in [-0.25, -0.2) is 0 Å².